The Balaban J connectivity index is 3.24. The summed E-state index contributed by atoms with van der Waals surface area (Å²) in [7, 11) is 0. The zero-order chi connectivity index (χ0) is 32.3. The molecule has 1 heterocycles. The first-order chi connectivity index (χ1) is 19.3. The lowest BCUT2D eigenvalue weighted by Gasteiger charge is -2.35. The second kappa shape index (κ2) is 15.6. The Morgan fingerprint density at radius 3 is 1.55 bits per heavy atom. The Labute approximate surface area is 244 Å². The first-order valence-electron chi connectivity index (χ1n) is 13.4. The molecule has 1 aliphatic heterocycles. The summed E-state index contributed by atoms with van der Waals surface area (Å²) < 4.78 is 10.6. The van der Waals surface area contributed by atoms with Gasteiger partial charge < -0.3 is 15.2 Å². The molecule has 0 aliphatic carbocycles. The van der Waals surface area contributed by atoms with E-state index in [4.69, 9.17) is 15.2 Å². The van der Waals surface area contributed by atoms with Crippen molar-refractivity contribution in [3.8, 4) is 0 Å². The van der Waals surface area contributed by atoms with Crippen LogP contribution in [0.15, 0.2) is 24.3 Å². The van der Waals surface area contributed by atoms with Crippen LogP contribution in [0.3, 0.4) is 0 Å². The lowest BCUT2D eigenvalue weighted by molar-refractivity contribution is -0.171. The maximum atomic E-state index is 13.4. The van der Waals surface area contributed by atoms with E-state index >= 15 is 0 Å². The SMILES string of the molecule is CC(C)(C)OC(=O)CCN(C(=O)CCC(=O)/C=C\C(N)=O)N(CCC(=O)OC(C)(C)C)C(=O)CCN1C(=O)C=CC1=O. The minimum Gasteiger partial charge on any atom is -0.460 e. The van der Waals surface area contributed by atoms with Crippen LogP contribution in [0.2, 0.25) is 0 Å². The fourth-order valence-electron chi connectivity index (χ4n) is 3.55. The van der Waals surface area contributed by atoms with Gasteiger partial charge >= 0.3 is 11.9 Å². The highest BCUT2D eigenvalue weighted by Gasteiger charge is 2.31. The van der Waals surface area contributed by atoms with E-state index in [0.717, 1.165) is 39.2 Å². The van der Waals surface area contributed by atoms with Crippen molar-refractivity contribution in [3.63, 3.8) is 0 Å². The Bertz CT molecular complexity index is 1130. The number of primary amides is 1. The molecular formula is C28H40N4O10. The second-order valence-electron chi connectivity index (χ2n) is 11.3. The van der Waals surface area contributed by atoms with Gasteiger partial charge in [-0.25, -0.2) is 0 Å². The Morgan fingerprint density at radius 2 is 1.14 bits per heavy atom. The van der Waals surface area contributed by atoms with Gasteiger partial charge in [0.05, 0.1) is 25.9 Å². The molecule has 0 aromatic carbocycles. The van der Waals surface area contributed by atoms with Crippen molar-refractivity contribution in [2.45, 2.75) is 84.8 Å². The van der Waals surface area contributed by atoms with Gasteiger partial charge in [-0.05, 0) is 47.6 Å². The number of ketones is 1. The largest absolute Gasteiger partial charge is 0.460 e. The van der Waals surface area contributed by atoms with Gasteiger partial charge in [0.25, 0.3) is 11.8 Å². The molecule has 0 aromatic rings. The molecule has 0 unspecified atom stereocenters. The third kappa shape index (κ3) is 13.8. The van der Waals surface area contributed by atoms with Crippen molar-refractivity contribution in [1.82, 2.24) is 14.9 Å². The molecule has 0 saturated carbocycles. The number of imide groups is 1. The number of esters is 2. The number of amides is 5. The molecule has 2 N–H and O–H groups in total. The predicted molar refractivity (Wildman–Crippen MR) is 147 cm³/mol. The fraction of sp³-hybridized carbons (Fsp3) is 0.571. The number of rotatable bonds is 14. The molecule has 1 aliphatic rings. The first-order valence-corrected chi connectivity index (χ1v) is 13.4. The summed E-state index contributed by atoms with van der Waals surface area (Å²) in [5, 5.41) is 1.88. The van der Waals surface area contributed by atoms with Crippen molar-refractivity contribution in [2.75, 3.05) is 19.6 Å². The standard InChI is InChI=1S/C28H40N4O10/c1-27(2,3)41-25(39)14-17-31(23(37)10-8-19(33)7-9-20(29)34)32(18-15-26(40)42-28(4,5)6)24(38)13-16-30-21(35)11-12-22(30)36/h7,9,11-12H,8,10,13-18H2,1-6H3,(H2,29,34)/b9-7-. The zero-order valence-corrected chi connectivity index (χ0v) is 25.0. The maximum Gasteiger partial charge on any atom is 0.308 e. The molecule has 14 heteroatoms. The van der Waals surface area contributed by atoms with E-state index in [0.29, 0.717) is 0 Å². The third-order valence-electron chi connectivity index (χ3n) is 5.23. The van der Waals surface area contributed by atoms with E-state index in [1.54, 1.807) is 41.5 Å². The van der Waals surface area contributed by atoms with Gasteiger partial charge in [0.1, 0.15) is 11.2 Å². The number of carbonyl (C=O) groups excluding carboxylic acids is 8. The molecule has 0 spiro atoms. The number of hydrogen-bond donors (Lipinski definition) is 1. The minimum absolute atomic E-state index is 0.295. The van der Waals surface area contributed by atoms with E-state index < -0.39 is 71.3 Å². The Hall–Kier alpha value is -4.36. The molecule has 14 nitrogen and oxygen atoms in total. The van der Waals surface area contributed by atoms with E-state index in [1.165, 1.54) is 0 Å². The molecule has 0 aromatic heterocycles. The highest BCUT2D eigenvalue weighted by atomic mass is 16.6. The maximum absolute atomic E-state index is 13.4. The van der Waals surface area contributed by atoms with Crippen LogP contribution in [0, 0.1) is 0 Å². The highest BCUT2D eigenvalue weighted by Crippen LogP contribution is 2.15. The summed E-state index contributed by atoms with van der Waals surface area (Å²) >= 11 is 0. The Morgan fingerprint density at radius 1 is 0.714 bits per heavy atom. The molecule has 0 atom stereocenters. The van der Waals surface area contributed by atoms with Gasteiger partial charge in [0, 0.05) is 44.0 Å². The zero-order valence-electron chi connectivity index (χ0n) is 25.0. The van der Waals surface area contributed by atoms with Crippen LogP contribution in [0.4, 0.5) is 0 Å². The molecule has 5 amide bonds. The molecule has 232 valence electrons. The molecule has 0 saturated heterocycles. The summed E-state index contributed by atoms with van der Waals surface area (Å²) in [6.07, 6.45) is 2.07. The topological polar surface area (TPSA) is 191 Å². The van der Waals surface area contributed by atoms with E-state index in [9.17, 15) is 38.4 Å². The summed E-state index contributed by atoms with van der Waals surface area (Å²) in [6, 6.07) is 0. The monoisotopic (exact) mass is 592 g/mol. The number of nitrogens with zero attached hydrogens (tertiary/aromatic N) is 3. The van der Waals surface area contributed by atoms with E-state index in [2.05, 4.69) is 0 Å². The Kier molecular flexibility index (Phi) is 13.2. The summed E-state index contributed by atoms with van der Waals surface area (Å²) in [6.45, 7) is 8.97. The number of hydrazine groups is 1. The van der Waals surface area contributed by atoms with E-state index in [-0.39, 0.29) is 38.9 Å². The second-order valence-corrected chi connectivity index (χ2v) is 11.3. The molecule has 42 heavy (non-hydrogen) atoms. The van der Waals surface area contributed by atoms with Gasteiger partial charge in [-0.1, -0.05) is 0 Å². The molecule has 0 bridgehead atoms. The smallest absolute Gasteiger partial charge is 0.308 e. The lowest BCUT2D eigenvalue weighted by atomic mass is 10.2. The predicted octanol–water partition coefficient (Wildman–Crippen LogP) is 0.728. The molecule has 1 rings (SSSR count). The summed E-state index contributed by atoms with van der Waals surface area (Å²) in [5.41, 5.74) is 3.35. The van der Waals surface area contributed by atoms with Crippen molar-refractivity contribution in [1.29, 1.82) is 0 Å². The first kappa shape index (κ1) is 35.7. The number of ether oxygens (including phenoxy) is 2. The van der Waals surface area contributed by atoms with Crippen LogP contribution in [-0.2, 0) is 47.8 Å². The number of hydrogen-bond acceptors (Lipinski definition) is 10. The summed E-state index contributed by atoms with van der Waals surface area (Å²) in [4.78, 5) is 99.4. The third-order valence-corrected chi connectivity index (χ3v) is 5.23. The molecule has 0 radical (unpaired) electrons. The normalized spacial score (nSPS) is 13.3. The number of allylic oxidation sites excluding steroid dienone is 1. The average Bonchev–Trinajstić information content (AvgIpc) is 3.16. The lowest BCUT2D eigenvalue weighted by Crippen LogP contribution is -2.52. The summed E-state index contributed by atoms with van der Waals surface area (Å²) in [5.74, 6) is -5.45. The molecular weight excluding hydrogens is 552 g/mol. The van der Waals surface area contributed by atoms with E-state index in [1.807, 2.05) is 0 Å². The van der Waals surface area contributed by atoms with Crippen molar-refractivity contribution in [2.24, 2.45) is 5.73 Å². The van der Waals surface area contributed by atoms with Gasteiger partial charge in [-0.15, -0.1) is 0 Å². The van der Waals surface area contributed by atoms with Gasteiger partial charge in [0.2, 0.25) is 17.7 Å². The van der Waals surface area contributed by atoms with Crippen LogP contribution in [0.25, 0.3) is 0 Å². The van der Waals surface area contributed by atoms with Crippen molar-refractivity contribution in [3.05, 3.63) is 24.3 Å². The molecule has 0 fully saturated rings. The number of carbonyl (C=O) groups is 8. The van der Waals surface area contributed by atoms with Gasteiger partial charge in [-0.2, -0.15) is 0 Å². The average molecular weight is 593 g/mol. The van der Waals surface area contributed by atoms with Crippen LogP contribution in [-0.4, -0.2) is 93.0 Å². The van der Waals surface area contributed by atoms with Crippen LogP contribution < -0.4 is 5.73 Å². The quantitative estimate of drug-likeness (QED) is 0.130. The fourth-order valence-corrected chi connectivity index (χ4v) is 3.55. The number of nitrogens with two attached hydrogens (primary N) is 1. The van der Waals surface area contributed by atoms with Gasteiger partial charge in [-0.3, -0.25) is 53.3 Å². The van der Waals surface area contributed by atoms with Crippen molar-refractivity contribution >= 4 is 47.3 Å². The van der Waals surface area contributed by atoms with Gasteiger partial charge in [0.15, 0.2) is 5.78 Å². The minimum atomic E-state index is -0.849. The van der Waals surface area contributed by atoms with Crippen LogP contribution in [0.1, 0.15) is 73.6 Å². The van der Waals surface area contributed by atoms with Crippen LogP contribution >= 0.6 is 0 Å². The highest BCUT2D eigenvalue weighted by molar-refractivity contribution is 6.13. The van der Waals surface area contributed by atoms with Crippen molar-refractivity contribution < 1.29 is 47.8 Å². The van der Waals surface area contributed by atoms with Crippen LogP contribution in [0.5, 0.6) is 0 Å².